The third-order valence-electron chi connectivity index (χ3n) is 7.51. The number of hydrogen-bond acceptors (Lipinski definition) is 3. The maximum absolute atomic E-state index is 12.6. The van der Waals surface area contributed by atoms with Gasteiger partial charge in [0.1, 0.15) is 11.4 Å². The van der Waals surface area contributed by atoms with Gasteiger partial charge in [-0.15, -0.1) is 0 Å². The van der Waals surface area contributed by atoms with Gasteiger partial charge >= 0.3 is 6.09 Å². The van der Waals surface area contributed by atoms with Gasteiger partial charge in [-0.05, 0) is 70.6 Å². The summed E-state index contributed by atoms with van der Waals surface area (Å²) in [5.74, 6) is 0.811. The highest BCUT2D eigenvalue weighted by atomic mass is 16.6. The SMILES string of the molecule is CC(C)(C)OC(=O)NC[C@]12CCCC=C1[C@@]1(C)CCC(=O)C(C)(C)[C@@H]1CC2. The van der Waals surface area contributed by atoms with E-state index in [1.165, 1.54) is 12.0 Å². The molecule has 0 aliphatic heterocycles. The van der Waals surface area contributed by atoms with E-state index in [2.05, 4.69) is 32.2 Å². The number of nitrogens with one attached hydrogen (secondary N) is 1. The molecule has 1 amide bonds. The van der Waals surface area contributed by atoms with Crippen LogP contribution >= 0.6 is 0 Å². The second-order valence-corrected chi connectivity index (χ2v) is 10.8. The van der Waals surface area contributed by atoms with Crippen LogP contribution < -0.4 is 5.32 Å². The molecular formula is C23H37NO3. The molecule has 27 heavy (non-hydrogen) atoms. The fourth-order valence-electron chi connectivity index (χ4n) is 6.25. The molecule has 0 aromatic rings. The van der Waals surface area contributed by atoms with E-state index in [1.807, 2.05) is 20.8 Å². The molecule has 2 fully saturated rings. The van der Waals surface area contributed by atoms with Gasteiger partial charge < -0.3 is 10.1 Å². The van der Waals surface area contributed by atoms with Crippen LogP contribution in [0.4, 0.5) is 4.79 Å². The molecule has 3 rings (SSSR count). The highest BCUT2D eigenvalue weighted by molar-refractivity contribution is 5.85. The lowest BCUT2D eigenvalue weighted by atomic mass is 9.43. The standard InChI is InChI=1S/C23H37NO3/c1-20(2,3)27-19(26)24-15-23-12-8-7-9-17(23)22(6)13-11-18(25)21(4,5)16(22)10-14-23/h9,16H,7-8,10-15H2,1-6H3,(H,24,26)/t16-,22-,23+/m0/s1. The zero-order valence-electron chi connectivity index (χ0n) is 18.0. The third kappa shape index (κ3) is 3.56. The number of amides is 1. The second kappa shape index (κ2) is 6.63. The van der Waals surface area contributed by atoms with Crippen LogP contribution in [0.2, 0.25) is 0 Å². The Bertz CT molecular complexity index is 657. The van der Waals surface area contributed by atoms with Gasteiger partial charge in [0.25, 0.3) is 0 Å². The van der Waals surface area contributed by atoms with Crippen LogP contribution in [0, 0.1) is 22.2 Å². The molecule has 0 spiro atoms. The summed E-state index contributed by atoms with van der Waals surface area (Å²) in [7, 11) is 0. The molecule has 0 bridgehead atoms. The minimum absolute atomic E-state index is 0.0247. The Balaban J connectivity index is 1.85. The molecule has 0 aromatic heterocycles. The number of ether oxygens (including phenoxy) is 1. The predicted molar refractivity (Wildman–Crippen MR) is 107 cm³/mol. The monoisotopic (exact) mass is 375 g/mol. The van der Waals surface area contributed by atoms with Crippen molar-refractivity contribution in [1.82, 2.24) is 5.32 Å². The summed E-state index contributed by atoms with van der Waals surface area (Å²) in [6.07, 6.45) is 9.24. The topological polar surface area (TPSA) is 55.4 Å². The third-order valence-corrected chi connectivity index (χ3v) is 7.51. The molecule has 3 atom stereocenters. The van der Waals surface area contributed by atoms with Crippen molar-refractivity contribution in [1.29, 1.82) is 0 Å². The zero-order chi connectivity index (χ0) is 20.1. The van der Waals surface area contributed by atoms with Gasteiger partial charge in [0.15, 0.2) is 0 Å². The van der Waals surface area contributed by atoms with Gasteiger partial charge in [0, 0.05) is 23.8 Å². The van der Waals surface area contributed by atoms with E-state index in [4.69, 9.17) is 4.74 Å². The van der Waals surface area contributed by atoms with E-state index in [0.717, 1.165) is 32.1 Å². The summed E-state index contributed by atoms with van der Waals surface area (Å²) in [6.45, 7) is 13.0. The molecule has 3 aliphatic carbocycles. The van der Waals surface area contributed by atoms with E-state index in [1.54, 1.807) is 0 Å². The Morgan fingerprint density at radius 3 is 2.59 bits per heavy atom. The molecular weight excluding hydrogens is 338 g/mol. The highest BCUT2D eigenvalue weighted by Gasteiger charge is 2.59. The number of Topliss-reactive ketones (excluding diaryl/α,β-unsaturated/α-hetero) is 1. The maximum Gasteiger partial charge on any atom is 0.407 e. The lowest BCUT2D eigenvalue weighted by Crippen LogP contribution is -2.56. The smallest absolute Gasteiger partial charge is 0.407 e. The van der Waals surface area contributed by atoms with E-state index >= 15 is 0 Å². The molecule has 0 heterocycles. The summed E-state index contributed by atoms with van der Waals surface area (Å²) in [6, 6.07) is 0. The van der Waals surface area contributed by atoms with Crippen molar-refractivity contribution in [2.45, 2.75) is 92.1 Å². The van der Waals surface area contributed by atoms with Gasteiger partial charge in [-0.1, -0.05) is 32.4 Å². The Labute approximate surface area is 164 Å². The van der Waals surface area contributed by atoms with Crippen molar-refractivity contribution in [3.8, 4) is 0 Å². The number of hydrogen-bond donors (Lipinski definition) is 1. The fourth-order valence-corrected chi connectivity index (χ4v) is 6.25. The Morgan fingerprint density at radius 2 is 1.93 bits per heavy atom. The second-order valence-electron chi connectivity index (χ2n) is 10.8. The first kappa shape index (κ1) is 20.4. The first-order chi connectivity index (χ1) is 12.4. The van der Waals surface area contributed by atoms with Crippen molar-refractivity contribution >= 4 is 11.9 Å². The molecule has 2 saturated carbocycles. The van der Waals surface area contributed by atoms with E-state index in [9.17, 15) is 9.59 Å². The number of allylic oxidation sites excluding steroid dienone is 1. The average molecular weight is 376 g/mol. The predicted octanol–water partition coefficient (Wildman–Crippen LogP) is 5.41. The van der Waals surface area contributed by atoms with E-state index in [0.29, 0.717) is 24.7 Å². The van der Waals surface area contributed by atoms with Gasteiger partial charge in [-0.25, -0.2) is 4.79 Å². The van der Waals surface area contributed by atoms with Crippen LogP contribution in [0.1, 0.15) is 86.5 Å². The molecule has 4 heteroatoms. The summed E-state index contributed by atoms with van der Waals surface area (Å²) in [5, 5.41) is 3.07. The van der Waals surface area contributed by atoms with Crippen molar-refractivity contribution in [3.05, 3.63) is 11.6 Å². The minimum atomic E-state index is -0.482. The van der Waals surface area contributed by atoms with Crippen LogP contribution in [-0.2, 0) is 9.53 Å². The summed E-state index contributed by atoms with van der Waals surface area (Å²) in [4.78, 5) is 24.9. The minimum Gasteiger partial charge on any atom is -0.444 e. The lowest BCUT2D eigenvalue weighted by molar-refractivity contribution is -0.141. The Kier molecular flexibility index (Phi) is 5.01. The van der Waals surface area contributed by atoms with Crippen molar-refractivity contribution in [2.24, 2.45) is 22.2 Å². The number of carbonyl (C=O) groups excluding carboxylic acids is 2. The molecule has 0 aromatic carbocycles. The van der Waals surface area contributed by atoms with Crippen LogP contribution in [0.3, 0.4) is 0 Å². The average Bonchev–Trinajstić information content (AvgIpc) is 2.55. The van der Waals surface area contributed by atoms with Crippen molar-refractivity contribution in [2.75, 3.05) is 6.54 Å². The normalized spacial score (nSPS) is 35.6. The van der Waals surface area contributed by atoms with Crippen LogP contribution in [0.5, 0.6) is 0 Å². The molecule has 3 aliphatic rings. The van der Waals surface area contributed by atoms with Gasteiger partial charge in [0.05, 0.1) is 0 Å². The van der Waals surface area contributed by atoms with Crippen LogP contribution in [0.25, 0.3) is 0 Å². The first-order valence-corrected chi connectivity index (χ1v) is 10.6. The van der Waals surface area contributed by atoms with Crippen molar-refractivity contribution < 1.29 is 14.3 Å². The molecule has 0 saturated heterocycles. The van der Waals surface area contributed by atoms with Crippen molar-refractivity contribution in [3.63, 3.8) is 0 Å². The highest BCUT2D eigenvalue weighted by Crippen LogP contribution is 2.65. The number of alkyl carbamates (subject to hydrolysis) is 1. The van der Waals surface area contributed by atoms with E-state index < -0.39 is 5.60 Å². The number of fused-ring (bicyclic) bond motifs is 3. The van der Waals surface area contributed by atoms with Gasteiger partial charge in [0.2, 0.25) is 0 Å². The molecule has 0 unspecified atom stereocenters. The Hall–Kier alpha value is -1.32. The number of rotatable bonds is 2. The lowest BCUT2D eigenvalue weighted by Gasteiger charge is -2.60. The zero-order valence-corrected chi connectivity index (χ0v) is 18.0. The molecule has 1 N–H and O–H groups in total. The van der Waals surface area contributed by atoms with Crippen LogP contribution in [0.15, 0.2) is 11.6 Å². The van der Waals surface area contributed by atoms with Crippen LogP contribution in [-0.4, -0.2) is 24.0 Å². The number of carbonyl (C=O) groups is 2. The summed E-state index contributed by atoms with van der Waals surface area (Å²) in [5.41, 5.74) is 0.859. The Morgan fingerprint density at radius 1 is 1.22 bits per heavy atom. The quantitative estimate of drug-likeness (QED) is 0.656. The van der Waals surface area contributed by atoms with E-state index in [-0.39, 0.29) is 22.3 Å². The number of ketones is 1. The van der Waals surface area contributed by atoms with Gasteiger partial charge in [-0.2, -0.15) is 0 Å². The van der Waals surface area contributed by atoms with Gasteiger partial charge in [-0.3, -0.25) is 4.79 Å². The maximum atomic E-state index is 12.6. The summed E-state index contributed by atoms with van der Waals surface area (Å²) >= 11 is 0. The first-order valence-electron chi connectivity index (χ1n) is 10.6. The fraction of sp³-hybridized carbons (Fsp3) is 0.826. The molecule has 0 radical (unpaired) electrons. The summed E-state index contributed by atoms with van der Waals surface area (Å²) < 4.78 is 5.47. The largest absolute Gasteiger partial charge is 0.444 e. The molecule has 4 nitrogen and oxygen atoms in total. The molecule has 152 valence electrons.